The first-order chi connectivity index (χ1) is 8.51. The molecule has 18 heavy (non-hydrogen) atoms. The highest BCUT2D eigenvalue weighted by molar-refractivity contribution is 5.57. The maximum Gasteiger partial charge on any atom is 0.314 e. The molecule has 0 aliphatic heterocycles. The van der Waals surface area contributed by atoms with Gasteiger partial charge in [0.15, 0.2) is 5.75 Å². The molecule has 0 unspecified atom stereocenters. The molecular formula is C12H16N2O4. The van der Waals surface area contributed by atoms with Crippen molar-refractivity contribution >= 4 is 5.69 Å². The molecule has 0 saturated carbocycles. The lowest BCUT2D eigenvalue weighted by Gasteiger charge is -2.13. The summed E-state index contributed by atoms with van der Waals surface area (Å²) in [6.45, 7) is 3.59. The molecule has 0 aliphatic rings. The summed E-state index contributed by atoms with van der Waals surface area (Å²) in [6, 6.07) is 2.41. The average Bonchev–Trinajstić information content (AvgIpc) is 2.35. The smallest absolute Gasteiger partial charge is 0.314 e. The van der Waals surface area contributed by atoms with Gasteiger partial charge in [-0.3, -0.25) is 10.1 Å². The number of nitrogens with zero attached hydrogens (tertiary/aromatic N) is 1. The average molecular weight is 252 g/mol. The van der Waals surface area contributed by atoms with Crippen LogP contribution >= 0.6 is 0 Å². The van der Waals surface area contributed by atoms with E-state index in [2.05, 4.69) is 6.58 Å². The van der Waals surface area contributed by atoms with E-state index in [-0.39, 0.29) is 11.8 Å². The van der Waals surface area contributed by atoms with Crippen molar-refractivity contribution in [3.63, 3.8) is 0 Å². The van der Waals surface area contributed by atoms with Crippen LogP contribution in [-0.4, -0.2) is 17.1 Å². The van der Waals surface area contributed by atoms with Crippen molar-refractivity contribution in [2.75, 3.05) is 7.11 Å². The van der Waals surface area contributed by atoms with Gasteiger partial charge in [-0.2, -0.15) is 0 Å². The van der Waals surface area contributed by atoms with Gasteiger partial charge in [0.05, 0.1) is 12.0 Å². The van der Waals surface area contributed by atoms with E-state index in [1.165, 1.54) is 19.2 Å². The number of rotatable bonds is 6. The van der Waals surface area contributed by atoms with Gasteiger partial charge in [0.2, 0.25) is 5.75 Å². The summed E-state index contributed by atoms with van der Waals surface area (Å²) in [4.78, 5) is 10.1. The Hall–Kier alpha value is -2.08. The van der Waals surface area contributed by atoms with Crippen molar-refractivity contribution in [1.82, 2.24) is 0 Å². The maximum absolute atomic E-state index is 10.8. The van der Waals surface area contributed by atoms with Crippen molar-refractivity contribution < 1.29 is 14.8 Å². The number of phenolic OH excluding ortho intramolecular Hbond substituents is 1. The molecule has 0 radical (unpaired) electrons. The lowest BCUT2D eigenvalue weighted by atomic mass is 10.0. The van der Waals surface area contributed by atoms with Crippen LogP contribution in [0.25, 0.3) is 0 Å². The van der Waals surface area contributed by atoms with E-state index in [4.69, 9.17) is 10.5 Å². The third-order valence-electron chi connectivity index (χ3n) is 2.60. The van der Waals surface area contributed by atoms with Crippen LogP contribution in [0.1, 0.15) is 24.4 Å². The number of hydrogen-bond acceptors (Lipinski definition) is 5. The SMILES string of the molecule is C=CCC[C@H](N)c1cc(OC)c(O)c([N+](=O)[O-])c1. The van der Waals surface area contributed by atoms with Gasteiger partial charge in [-0.1, -0.05) is 6.08 Å². The fourth-order valence-corrected chi connectivity index (χ4v) is 1.59. The molecule has 0 aliphatic carbocycles. The molecule has 1 rings (SSSR count). The zero-order chi connectivity index (χ0) is 13.7. The van der Waals surface area contributed by atoms with Crippen molar-refractivity contribution in [3.8, 4) is 11.5 Å². The number of nitro groups is 1. The minimum absolute atomic E-state index is 0.0493. The first kappa shape index (κ1) is 14.0. The van der Waals surface area contributed by atoms with Crippen LogP contribution in [0.5, 0.6) is 11.5 Å². The molecule has 0 fully saturated rings. The molecule has 0 aromatic heterocycles. The lowest BCUT2D eigenvalue weighted by Crippen LogP contribution is -2.10. The van der Waals surface area contributed by atoms with Gasteiger partial charge in [-0.05, 0) is 24.5 Å². The molecule has 1 atom stereocenters. The van der Waals surface area contributed by atoms with Gasteiger partial charge < -0.3 is 15.6 Å². The molecule has 0 heterocycles. The molecule has 98 valence electrons. The first-order valence-electron chi connectivity index (χ1n) is 5.43. The number of nitrogens with two attached hydrogens (primary N) is 1. The topological polar surface area (TPSA) is 98.6 Å². The van der Waals surface area contributed by atoms with E-state index in [1.54, 1.807) is 6.08 Å². The fraction of sp³-hybridized carbons (Fsp3) is 0.333. The predicted octanol–water partition coefficient (Wildman–Crippen LogP) is 2.28. The molecule has 1 aromatic carbocycles. The maximum atomic E-state index is 10.8. The minimum Gasteiger partial charge on any atom is -0.500 e. The Bertz CT molecular complexity index is 460. The quantitative estimate of drug-likeness (QED) is 0.459. The van der Waals surface area contributed by atoms with Gasteiger partial charge in [0, 0.05) is 12.1 Å². The predicted molar refractivity (Wildman–Crippen MR) is 67.7 cm³/mol. The molecule has 0 bridgehead atoms. The molecule has 6 nitrogen and oxygen atoms in total. The second-order valence-corrected chi connectivity index (χ2v) is 3.82. The number of aromatic hydroxyl groups is 1. The number of nitro benzene ring substituents is 1. The zero-order valence-corrected chi connectivity index (χ0v) is 10.1. The Balaban J connectivity index is 3.16. The van der Waals surface area contributed by atoms with E-state index in [0.717, 1.165) is 0 Å². The van der Waals surface area contributed by atoms with Crippen LogP contribution in [0.4, 0.5) is 5.69 Å². The summed E-state index contributed by atoms with van der Waals surface area (Å²) >= 11 is 0. The molecule has 0 saturated heterocycles. The highest BCUT2D eigenvalue weighted by atomic mass is 16.6. The highest BCUT2D eigenvalue weighted by Gasteiger charge is 2.21. The number of hydrogen-bond donors (Lipinski definition) is 2. The van der Waals surface area contributed by atoms with Gasteiger partial charge in [0.1, 0.15) is 0 Å². The monoisotopic (exact) mass is 252 g/mol. The van der Waals surface area contributed by atoms with Crippen molar-refractivity contribution in [2.24, 2.45) is 5.73 Å². The Labute approximate surface area is 105 Å². The summed E-state index contributed by atoms with van der Waals surface area (Å²) < 4.78 is 4.90. The number of ether oxygens (including phenoxy) is 1. The standard InChI is InChI=1S/C12H16N2O4/c1-3-4-5-9(13)8-6-10(14(16)17)12(15)11(7-8)18-2/h3,6-7,9,15H,1,4-5,13H2,2H3/t9-/m0/s1. The Morgan fingerprint density at radius 1 is 1.67 bits per heavy atom. The zero-order valence-electron chi connectivity index (χ0n) is 10.1. The molecular weight excluding hydrogens is 236 g/mol. The third kappa shape index (κ3) is 2.98. The molecule has 1 aromatic rings. The third-order valence-corrected chi connectivity index (χ3v) is 2.60. The van der Waals surface area contributed by atoms with Crippen LogP contribution < -0.4 is 10.5 Å². The normalized spacial score (nSPS) is 11.9. The largest absolute Gasteiger partial charge is 0.500 e. The lowest BCUT2D eigenvalue weighted by molar-refractivity contribution is -0.386. The van der Waals surface area contributed by atoms with Gasteiger partial charge in [-0.15, -0.1) is 6.58 Å². The van der Waals surface area contributed by atoms with Crippen LogP contribution in [0.15, 0.2) is 24.8 Å². The molecule has 3 N–H and O–H groups in total. The summed E-state index contributed by atoms with van der Waals surface area (Å²) in [5.41, 5.74) is 6.07. The highest BCUT2D eigenvalue weighted by Crippen LogP contribution is 2.38. The van der Waals surface area contributed by atoms with Gasteiger partial charge >= 0.3 is 5.69 Å². The van der Waals surface area contributed by atoms with Crippen LogP contribution in [0, 0.1) is 10.1 Å². The number of phenols is 1. The summed E-state index contributed by atoms with van der Waals surface area (Å²) in [6.07, 6.45) is 3.05. The first-order valence-corrected chi connectivity index (χ1v) is 5.43. The van der Waals surface area contributed by atoms with Crippen molar-refractivity contribution in [2.45, 2.75) is 18.9 Å². The number of allylic oxidation sites excluding steroid dienone is 1. The summed E-state index contributed by atoms with van der Waals surface area (Å²) in [5.74, 6) is -0.435. The van der Waals surface area contributed by atoms with E-state index in [9.17, 15) is 15.2 Å². The van der Waals surface area contributed by atoms with Crippen LogP contribution in [0.3, 0.4) is 0 Å². The minimum atomic E-state index is -0.665. The molecule has 0 amide bonds. The Morgan fingerprint density at radius 3 is 2.83 bits per heavy atom. The molecule has 6 heteroatoms. The van der Waals surface area contributed by atoms with Crippen molar-refractivity contribution in [1.29, 1.82) is 0 Å². The van der Waals surface area contributed by atoms with E-state index < -0.39 is 16.4 Å². The van der Waals surface area contributed by atoms with Crippen LogP contribution in [-0.2, 0) is 0 Å². The Morgan fingerprint density at radius 2 is 2.33 bits per heavy atom. The fourth-order valence-electron chi connectivity index (χ4n) is 1.59. The van der Waals surface area contributed by atoms with Gasteiger partial charge in [0.25, 0.3) is 0 Å². The summed E-state index contributed by atoms with van der Waals surface area (Å²) in [5, 5.41) is 20.4. The van der Waals surface area contributed by atoms with E-state index in [1.807, 2.05) is 0 Å². The number of benzene rings is 1. The number of methoxy groups -OCH3 is 1. The Kier molecular flexibility index (Phi) is 4.67. The van der Waals surface area contributed by atoms with Gasteiger partial charge in [-0.25, -0.2) is 0 Å². The second-order valence-electron chi connectivity index (χ2n) is 3.82. The summed E-state index contributed by atoms with van der Waals surface area (Å²) in [7, 11) is 1.33. The van der Waals surface area contributed by atoms with Crippen molar-refractivity contribution in [3.05, 3.63) is 40.5 Å². The van der Waals surface area contributed by atoms with E-state index in [0.29, 0.717) is 18.4 Å². The molecule has 0 spiro atoms. The van der Waals surface area contributed by atoms with E-state index >= 15 is 0 Å². The van der Waals surface area contributed by atoms with Crippen LogP contribution in [0.2, 0.25) is 0 Å². The second kappa shape index (κ2) is 6.02.